The van der Waals surface area contributed by atoms with Crippen molar-refractivity contribution in [2.24, 2.45) is 0 Å². The first kappa shape index (κ1) is 13.5. The van der Waals surface area contributed by atoms with Crippen LogP contribution in [0.25, 0.3) is 0 Å². The molecule has 90 valence electrons. The first-order valence-corrected chi connectivity index (χ1v) is 6.29. The Hall–Kier alpha value is -0.610. The van der Waals surface area contributed by atoms with Crippen LogP contribution in [0.2, 0.25) is 0 Å². The molecule has 1 N–H and O–H groups in total. The van der Waals surface area contributed by atoms with Crippen molar-refractivity contribution in [1.82, 2.24) is 9.71 Å². The van der Waals surface area contributed by atoms with Gasteiger partial charge in [-0.15, -0.1) is 0 Å². The molecule has 0 bridgehead atoms. The van der Waals surface area contributed by atoms with Gasteiger partial charge in [0.2, 0.25) is 0 Å². The summed E-state index contributed by atoms with van der Waals surface area (Å²) in [5.74, 6) is -0.239. The molecule has 0 aromatic carbocycles. The highest BCUT2D eigenvalue weighted by molar-refractivity contribution is 7.98. The number of halogens is 1. The second-order valence-electron chi connectivity index (χ2n) is 4.66. The van der Waals surface area contributed by atoms with Crippen LogP contribution in [-0.2, 0) is 0 Å². The summed E-state index contributed by atoms with van der Waals surface area (Å²) >= 11 is 1.61. The van der Waals surface area contributed by atoms with Gasteiger partial charge in [0.15, 0.2) is 0 Å². The Labute approximate surface area is 101 Å². The van der Waals surface area contributed by atoms with Crippen molar-refractivity contribution >= 4 is 11.9 Å². The lowest BCUT2D eigenvalue weighted by Crippen LogP contribution is -2.22. The molecule has 0 saturated heterocycles. The molecule has 1 heterocycles. The molecule has 16 heavy (non-hydrogen) atoms. The van der Waals surface area contributed by atoms with Crippen molar-refractivity contribution in [2.75, 3.05) is 0 Å². The Bertz CT molecular complexity index is 336. The summed E-state index contributed by atoms with van der Waals surface area (Å²) in [6, 6.07) is 3.03. The Kier molecular flexibility index (Phi) is 4.74. The van der Waals surface area contributed by atoms with Gasteiger partial charge in [-0.1, -0.05) is 18.9 Å². The van der Waals surface area contributed by atoms with Crippen LogP contribution in [0.4, 0.5) is 4.39 Å². The predicted molar refractivity (Wildman–Crippen MR) is 67.7 cm³/mol. The summed E-state index contributed by atoms with van der Waals surface area (Å²) in [5, 5.41) is 0. The number of rotatable bonds is 4. The van der Waals surface area contributed by atoms with Gasteiger partial charge in [-0.05, 0) is 39.3 Å². The molecule has 0 aliphatic carbocycles. The predicted octanol–water partition coefficient (Wildman–Crippen LogP) is 3.71. The minimum atomic E-state index is -0.239. The average Bonchev–Trinajstić information content (AvgIpc) is 2.20. The summed E-state index contributed by atoms with van der Waals surface area (Å²) in [4.78, 5) is 4.10. The van der Waals surface area contributed by atoms with Gasteiger partial charge in [0, 0.05) is 10.9 Å². The first-order chi connectivity index (χ1) is 7.44. The molecule has 0 radical (unpaired) electrons. The molecule has 0 saturated carbocycles. The van der Waals surface area contributed by atoms with Gasteiger partial charge in [0.25, 0.3) is 0 Å². The van der Waals surface area contributed by atoms with Crippen molar-refractivity contribution in [3.8, 4) is 0 Å². The molecule has 0 amide bonds. The molecule has 0 fully saturated rings. The summed E-state index contributed by atoms with van der Waals surface area (Å²) in [5.41, 5.74) is 0.502. The lowest BCUT2D eigenvalue weighted by molar-refractivity contribution is 0.541. The van der Waals surface area contributed by atoms with Crippen molar-refractivity contribution in [3.05, 3.63) is 29.8 Å². The number of aromatic nitrogens is 1. The second-order valence-corrected chi connectivity index (χ2v) is 6.33. The van der Waals surface area contributed by atoms with Crippen LogP contribution in [0.15, 0.2) is 18.3 Å². The van der Waals surface area contributed by atoms with Crippen LogP contribution in [0.5, 0.6) is 0 Å². The third kappa shape index (κ3) is 4.10. The zero-order chi connectivity index (χ0) is 12.2. The molecular formula is C12H19FN2S. The van der Waals surface area contributed by atoms with Gasteiger partial charge < -0.3 is 0 Å². The van der Waals surface area contributed by atoms with E-state index in [9.17, 15) is 4.39 Å². The normalized spacial score (nSPS) is 13.8. The number of pyridine rings is 1. The van der Waals surface area contributed by atoms with E-state index in [2.05, 4.69) is 30.5 Å². The van der Waals surface area contributed by atoms with Crippen molar-refractivity contribution < 1.29 is 4.39 Å². The van der Waals surface area contributed by atoms with E-state index in [1.165, 1.54) is 6.07 Å². The van der Waals surface area contributed by atoms with Crippen LogP contribution in [0.1, 0.15) is 45.9 Å². The van der Waals surface area contributed by atoms with Gasteiger partial charge in [0.1, 0.15) is 5.82 Å². The Morgan fingerprint density at radius 2 is 2.19 bits per heavy atom. The maximum absolute atomic E-state index is 13.5. The average molecular weight is 242 g/mol. The highest BCUT2D eigenvalue weighted by Gasteiger charge is 2.18. The van der Waals surface area contributed by atoms with Gasteiger partial charge in [-0.3, -0.25) is 9.71 Å². The molecule has 1 atom stereocenters. The van der Waals surface area contributed by atoms with E-state index in [1.54, 1.807) is 24.2 Å². The molecule has 4 heteroatoms. The molecule has 0 spiro atoms. The maximum Gasteiger partial charge on any atom is 0.146 e. The fourth-order valence-electron chi connectivity index (χ4n) is 1.23. The lowest BCUT2D eigenvalue weighted by Gasteiger charge is -2.23. The first-order valence-electron chi connectivity index (χ1n) is 5.48. The minimum absolute atomic E-state index is 0.0366. The van der Waals surface area contributed by atoms with E-state index < -0.39 is 0 Å². The number of hydrogen-bond donors (Lipinski definition) is 1. The summed E-state index contributed by atoms with van der Waals surface area (Å²) in [7, 11) is 0. The topological polar surface area (TPSA) is 24.9 Å². The fourth-order valence-corrected chi connectivity index (χ4v) is 2.01. The lowest BCUT2D eigenvalue weighted by atomic mass is 10.1. The molecule has 1 rings (SSSR count). The smallest absolute Gasteiger partial charge is 0.146 e. The Balaban J connectivity index is 2.72. The number of nitrogens with zero attached hydrogens (tertiary/aromatic N) is 1. The quantitative estimate of drug-likeness (QED) is 0.815. The summed E-state index contributed by atoms with van der Waals surface area (Å²) in [6.45, 7) is 8.37. The van der Waals surface area contributed by atoms with Crippen molar-refractivity contribution in [3.63, 3.8) is 0 Å². The third-order valence-corrected chi connectivity index (χ3v) is 3.05. The van der Waals surface area contributed by atoms with Gasteiger partial charge in [-0.25, -0.2) is 4.39 Å². The van der Waals surface area contributed by atoms with E-state index >= 15 is 0 Å². The molecule has 0 aliphatic heterocycles. The zero-order valence-corrected chi connectivity index (χ0v) is 11.1. The van der Waals surface area contributed by atoms with Gasteiger partial charge >= 0.3 is 0 Å². The highest BCUT2D eigenvalue weighted by Crippen LogP contribution is 2.26. The minimum Gasteiger partial charge on any atom is -0.257 e. The summed E-state index contributed by atoms with van der Waals surface area (Å²) in [6.07, 6.45) is 2.45. The van der Waals surface area contributed by atoms with Crippen LogP contribution >= 0.6 is 11.9 Å². The van der Waals surface area contributed by atoms with E-state index in [1.807, 2.05) is 6.92 Å². The standard InChI is InChI=1S/C12H19FN2S/c1-5-10(15-16-12(2,3)4)11-9(13)7-6-8-14-11/h6-8,10,15H,5H2,1-4H3. The van der Waals surface area contributed by atoms with E-state index in [0.29, 0.717) is 5.69 Å². The van der Waals surface area contributed by atoms with E-state index in [4.69, 9.17) is 0 Å². The largest absolute Gasteiger partial charge is 0.257 e. The second kappa shape index (κ2) is 5.64. The third-order valence-electron chi connectivity index (χ3n) is 2.03. The molecule has 1 unspecified atom stereocenters. The number of nitrogens with one attached hydrogen (secondary N) is 1. The van der Waals surface area contributed by atoms with Crippen LogP contribution < -0.4 is 4.72 Å². The Morgan fingerprint density at radius 1 is 1.50 bits per heavy atom. The van der Waals surface area contributed by atoms with E-state index in [-0.39, 0.29) is 16.6 Å². The van der Waals surface area contributed by atoms with Crippen LogP contribution in [0.3, 0.4) is 0 Å². The summed E-state index contributed by atoms with van der Waals surface area (Å²) < 4.78 is 16.9. The highest BCUT2D eigenvalue weighted by atomic mass is 32.2. The molecular weight excluding hydrogens is 223 g/mol. The SMILES string of the molecule is CCC(NSC(C)(C)C)c1ncccc1F. The zero-order valence-electron chi connectivity index (χ0n) is 10.2. The van der Waals surface area contributed by atoms with E-state index in [0.717, 1.165) is 6.42 Å². The van der Waals surface area contributed by atoms with Gasteiger partial charge in [0.05, 0.1) is 11.7 Å². The van der Waals surface area contributed by atoms with Crippen molar-refractivity contribution in [2.45, 2.75) is 44.9 Å². The number of hydrogen-bond acceptors (Lipinski definition) is 3. The fraction of sp³-hybridized carbons (Fsp3) is 0.583. The molecule has 0 aliphatic rings. The van der Waals surface area contributed by atoms with Gasteiger partial charge in [-0.2, -0.15) is 0 Å². The molecule has 2 nitrogen and oxygen atoms in total. The maximum atomic E-state index is 13.5. The van der Waals surface area contributed by atoms with Crippen molar-refractivity contribution in [1.29, 1.82) is 0 Å². The van der Waals surface area contributed by atoms with Crippen LogP contribution in [0, 0.1) is 5.82 Å². The van der Waals surface area contributed by atoms with Crippen LogP contribution in [-0.4, -0.2) is 9.73 Å². The Morgan fingerprint density at radius 3 is 2.69 bits per heavy atom. The molecule has 1 aromatic rings. The molecule has 1 aromatic heterocycles. The monoisotopic (exact) mass is 242 g/mol.